The Bertz CT molecular complexity index is 2530. The van der Waals surface area contributed by atoms with Gasteiger partial charge in [-0.15, -0.1) is 0 Å². The average molecular weight is 575 g/mol. The molecule has 0 bridgehead atoms. The van der Waals surface area contributed by atoms with Gasteiger partial charge in [0.2, 0.25) is 0 Å². The molecule has 0 radical (unpaired) electrons. The lowest BCUT2D eigenvalue weighted by Crippen LogP contribution is -1.96. The van der Waals surface area contributed by atoms with Crippen LogP contribution in [0.3, 0.4) is 0 Å². The molecule has 7 aromatic carbocycles. The topological polar surface area (TPSA) is 38.9 Å². The van der Waals surface area contributed by atoms with Gasteiger partial charge in [-0.05, 0) is 69.1 Å². The first kappa shape index (κ1) is 25.4. The van der Waals surface area contributed by atoms with E-state index in [1.54, 1.807) is 0 Å². The van der Waals surface area contributed by atoms with E-state index < -0.39 is 0 Å². The summed E-state index contributed by atoms with van der Waals surface area (Å²) in [5.41, 5.74) is 8.68. The van der Waals surface area contributed by atoms with Gasteiger partial charge in [-0.3, -0.25) is 0 Å². The highest BCUT2D eigenvalue weighted by Crippen LogP contribution is 2.41. The number of hydrogen-bond acceptors (Lipinski definition) is 3. The molecule has 0 unspecified atom stereocenters. The minimum Gasteiger partial charge on any atom is -0.456 e. The van der Waals surface area contributed by atoms with Crippen LogP contribution in [0.5, 0.6) is 0 Å². The molecule has 0 fully saturated rings. The molecule has 9 rings (SSSR count). The van der Waals surface area contributed by atoms with Crippen molar-refractivity contribution >= 4 is 43.5 Å². The molecule has 0 aliphatic heterocycles. The largest absolute Gasteiger partial charge is 0.456 e. The van der Waals surface area contributed by atoms with Crippen molar-refractivity contribution in [3.8, 4) is 45.0 Å². The molecular formula is C42H26N2O. The number of rotatable bonds is 4. The van der Waals surface area contributed by atoms with E-state index in [1.807, 2.05) is 18.2 Å². The molecule has 2 aromatic heterocycles. The fourth-order valence-corrected chi connectivity index (χ4v) is 6.39. The van der Waals surface area contributed by atoms with Crippen molar-refractivity contribution in [1.29, 1.82) is 0 Å². The number of hydrogen-bond donors (Lipinski definition) is 0. The normalized spacial score (nSPS) is 11.6. The highest BCUT2D eigenvalue weighted by atomic mass is 16.3. The Morgan fingerprint density at radius 3 is 1.71 bits per heavy atom. The summed E-state index contributed by atoms with van der Waals surface area (Å²) in [4.78, 5) is 10.2. The van der Waals surface area contributed by atoms with Crippen molar-refractivity contribution in [3.05, 3.63) is 158 Å². The number of furan rings is 1. The Morgan fingerprint density at radius 1 is 0.378 bits per heavy atom. The summed E-state index contributed by atoms with van der Waals surface area (Å²) in [7, 11) is 0. The molecular weight excluding hydrogens is 548 g/mol. The third kappa shape index (κ3) is 4.45. The number of fused-ring (bicyclic) bond motifs is 5. The Kier molecular flexibility index (Phi) is 5.82. The van der Waals surface area contributed by atoms with Gasteiger partial charge in [0, 0.05) is 27.5 Å². The van der Waals surface area contributed by atoms with Crippen molar-refractivity contribution in [1.82, 2.24) is 9.97 Å². The molecule has 0 N–H and O–H groups in total. The van der Waals surface area contributed by atoms with E-state index >= 15 is 0 Å². The number of aromatic nitrogens is 2. The second kappa shape index (κ2) is 10.3. The van der Waals surface area contributed by atoms with Gasteiger partial charge in [0.1, 0.15) is 11.2 Å². The van der Waals surface area contributed by atoms with Crippen LogP contribution in [-0.2, 0) is 0 Å². The van der Waals surface area contributed by atoms with Crippen LogP contribution in [0.25, 0.3) is 88.5 Å². The number of nitrogens with zero attached hydrogens (tertiary/aromatic N) is 2. The van der Waals surface area contributed by atoms with Crippen molar-refractivity contribution in [2.24, 2.45) is 0 Å². The lowest BCUT2D eigenvalue weighted by molar-refractivity contribution is 0.669. The van der Waals surface area contributed by atoms with E-state index in [9.17, 15) is 0 Å². The first-order valence-electron chi connectivity index (χ1n) is 15.2. The third-order valence-corrected chi connectivity index (χ3v) is 8.62. The van der Waals surface area contributed by atoms with Crippen molar-refractivity contribution in [2.75, 3.05) is 0 Å². The van der Waals surface area contributed by atoms with E-state index in [2.05, 4.69) is 140 Å². The summed E-state index contributed by atoms with van der Waals surface area (Å²) in [6.45, 7) is 0. The molecule has 0 saturated carbocycles. The van der Waals surface area contributed by atoms with Gasteiger partial charge in [-0.2, -0.15) is 0 Å². The summed E-state index contributed by atoms with van der Waals surface area (Å²) in [6, 6.07) is 55.0. The van der Waals surface area contributed by atoms with Gasteiger partial charge in [-0.25, -0.2) is 9.97 Å². The van der Waals surface area contributed by atoms with E-state index in [0.29, 0.717) is 5.82 Å². The molecule has 0 atom stereocenters. The molecule has 0 aliphatic rings. The van der Waals surface area contributed by atoms with Crippen LogP contribution in [0.2, 0.25) is 0 Å². The highest BCUT2D eigenvalue weighted by Gasteiger charge is 2.18. The molecule has 0 aliphatic carbocycles. The molecule has 3 heteroatoms. The quantitative estimate of drug-likeness (QED) is 0.210. The molecule has 9 aromatic rings. The molecule has 0 saturated heterocycles. The van der Waals surface area contributed by atoms with Crippen molar-refractivity contribution < 1.29 is 4.42 Å². The maximum atomic E-state index is 6.62. The van der Waals surface area contributed by atoms with Gasteiger partial charge in [0.25, 0.3) is 0 Å². The van der Waals surface area contributed by atoms with E-state index in [1.165, 1.54) is 16.2 Å². The van der Waals surface area contributed by atoms with Crippen LogP contribution in [0.15, 0.2) is 162 Å². The first-order chi connectivity index (χ1) is 22.3. The van der Waals surface area contributed by atoms with E-state index in [4.69, 9.17) is 14.4 Å². The highest BCUT2D eigenvalue weighted by molar-refractivity contribution is 6.16. The summed E-state index contributed by atoms with van der Waals surface area (Å²) < 4.78 is 6.62. The lowest BCUT2D eigenvalue weighted by Gasteiger charge is -2.12. The average Bonchev–Trinajstić information content (AvgIpc) is 3.47. The third-order valence-electron chi connectivity index (χ3n) is 8.62. The second-order valence-corrected chi connectivity index (χ2v) is 11.5. The monoisotopic (exact) mass is 574 g/mol. The van der Waals surface area contributed by atoms with Gasteiger partial charge in [0.05, 0.1) is 11.4 Å². The molecule has 3 nitrogen and oxygen atoms in total. The Labute approximate surface area is 260 Å². The lowest BCUT2D eigenvalue weighted by atomic mass is 9.95. The molecule has 45 heavy (non-hydrogen) atoms. The first-order valence-corrected chi connectivity index (χ1v) is 15.2. The van der Waals surface area contributed by atoms with Crippen molar-refractivity contribution in [2.45, 2.75) is 0 Å². The fraction of sp³-hybridized carbons (Fsp3) is 0. The molecule has 0 amide bonds. The summed E-state index contributed by atoms with van der Waals surface area (Å²) in [6.07, 6.45) is 0. The Balaban J connectivity index is 1.32. The van der Waals surface area contributed by atoms with Crippen LogP contribution >= 0.6 is 0 Å². The zero-order valence-corrected chi connectivity index (χ0v) is 24.3. The summed E-state index contributed by atoms with van der Waals surface area (Å²) in [5, 5.41) is 6.96. The summed E-state index contributed by atoms with van der Waals surface area (Å²) in [5.74, 6) is 0.688. The van der Waals surface area contributed by atoms with Gasteiger partial charge in [-0.1, -0.05) is 121 Å². The Hall–Kier alpha value is -6.06. The van der Waals surface area contributed by atoms with Crippen LogP contribution in [0, 0.1) is 0 Å². The van der Waals surface area contributed by atoms with Crippen molar-refractivity contribution in [3.63, 3.8) is 0 Å². The van der Waals surface area contributed by atoms with Crippen LogP contribution in [-0.4, -0.2) is 9.97 Å². The van der Waals surface area contributed by atoms with Gasteiger partial charge >= 0.3 is 0 Å². The number of benzene rings is 7. The maximum absolute atomic E-state index is 6.62. The fourth-order valence-electron chi connectivity index (χ4n) is 6.39. The zero-order chi connectivity index (χ0) is 29.7. The van der Waals surface area contributed by atoms with Crippen LogP contribution in [0.4, 0.5) is 0 Å². The maximum Gasteiger partial charge on any atom is 0.160 e. The predicted octanol–water partition coefficient (Wildman–Crippen LogP) is 11.4. The smallest absolute Gasteiger partial charge is 0.160 e. The molecule has 210 valence electrons. The standard InChI is InChI=1S/C42H26N2O/c1-3-12-28(13-4-1)35-23-34(25-40-41(35)36-22-31-17-9-10-18-32(31)24-39(36)45-40)38-26-37(43-42(44-38)29-14-5-2-6-15-29)33-20-19-27-11-7-8-16-30(27)21-33/h1-26H. The van der Waals surface area contributed by atoms with Gasteiger partial charge in [0.15, 0.2) is 5.82 Å². The van der Waals surface area contributed by atoms with Crippen LogP contribution < -0.4 is 0 Å². The van der Waals surface area contributed by atoms with E-state index in [0.717, 1.165) is 66.5 Å². The SMILES string of the molecule is c1ccc(-c2nc(-c3ccc4ccccc4c3)cc(-c3cc(-c4ccccc4)c4c(c3)oc3cc5ccccc5cc34)n2)cc1. The molecule has 2 heterocycles. The van der Waals surface area contributed by atoms with Crippen LogP contribution in [0.1, 0.15) is 0 Å². The predicted molar refractivity (Wildman–Crippen MR) is 186 cm³/mol. The second-order valence-electron chi connectivity index (χ2n) is 11.5. The minimum absolute atomic E-state index is 0.688. The summed E-state index contributed by atoms with van der Waals surface area (Å²) >= 11 is 0. The minimum atomic E-state index is 0.688. The Morgan fingerprint density at radius 2 is 0.978 bits per heavy atom. The van der Waals surface area contributed by atoms with Gasteiger partial charge < -0.3 is 4.42 Å². The van der Waals surface area contributed by atoms with E-state index in [-0.39, 0.29) is 0 Å². The zero-order valence-electron chi connectivity index (χ0n) is 24.3. The molecule has 0 spiro atoms.